The molecule has 0 saturated carbocycles. The average molecular weight is 384 g/mol. The van der Waals surface area contributed by atoms with Crippen LogP contribution in [0.2, 0.25) is 0 Å². The monoisotopic (exact) mass is 383 g/mol. The molecule has 0 aliphatic carbocycles. The van der Waals surface area contributed by atoms with E-state index in [1.807, 2.05) is 0 Å². The van der Waals surface area contributed by atoms with Gasteiger partial charge in [0.2, 0.25) is 0 Å². The molecule has 0 aromatic rings. The van der Waals surface area contributed by atoms with E-state index in [4.69, 9.17) is 4.55 Å². The lowest BCUT2D eigenvalue weighted by Gasteiger charge is -2.01. The van der Waals surface area contributed by atoms with Crippen molar-refractivity contribution in [3.8, 4) is 0 Å². The molecule has 0 atom stereocenters. The molecule has 6 nitrogen and oxygen atoms in total. The fraction of sp³-hybridized carbons (Fsp3) is 0.889. The van der Waals surface area contributed by atoms with Crippen molar-refractivity contribution in [2.75, 3.05) is 6.61 Å². The Morgan fingerprint density at radius 2 is 1.16 bits per heavy atom. The van der Waals surface area contributed by atoms with Crippen LogP contribution in [-0.4, -0.2) is 25.1 Å². The zero-order valence-corrected chi connectivity index (χ0v) is 16.9. The summed E-state index contributed by atoms with van der Waals surface area (Å²) in [6.07, 6.45) is 21.5. The van der Waals surface area contributed by atoms with Crippen LogP contribution < -0.4 is 6.15 Å². The average Bonchev–Trinajstić information content (AvgIpc) is 2.49. The van der Waals surface area contributed by atoms with Crippen molar-refractivity contribution < 1.29 is 22.6 Å². The van der Waals surface area contributed by atoms with E-state index in [0.29, 0.717) is 6.42 Å². The van der Waals surface area contributed by atoms with E-state index in [9.17, 15) is 8.42 Å². The summed E-state index contributed by atoms with van der Waals surface area (Å²) in [6.45, 7) is 2.33. The van der Waals surface area contributed by atoms with E-state index in [-0.39, 0.29) is 18.2 Å². The summed E-state index contributed by atoms with van der Waals surface area (Å²) >= 11 is 0. The zero-order valence-electron chi connectivity index (χ0n) is 16.0. The lowest BCUT2D eigenvalue weighted by Crippen LogP contribution is -2.04. The first-order valence-corrected chi connectivity index (χ1v) is 10.7. The van der Waals surface area contributed by atoms with Gasteiger partial charge in [0, 0.05) is 0 Å². The molecular formula is C18H41NO5S. The summed E-state index contributed by atoms with van der Waals surface area (Å²) in [7, 11) is -4.25. The van der Waals surface area contributed by atoms with Gasteiger partial charge in [-0.15, -0.1) is 0 Å². The van der Waals surface area contributed by atoms with E-state index in [1.165, 1.54) is 70.6 Å². The third kappa shape index (κ3) is 28.6. The molecule has 154 valence electrons. The van der Waals surface area contributed by atoms with Crippen molar-refractivity contribution in [3.05, 3.63) is 12.2 Å². The Morgan fingerprint density at radius 1 is 0.760 bits per heavy atom. The van der Waals surface area contributed by atoms with Gasteiger partial charge in [-0.05, 0) is 32.1 Å². The molecule has 0 saturated heterocycles. The van der Waals surface area contributed by atoms with Gasteiger partial charge in [-0.3, -0.25) is 4.55 Å². The summed E-state index contributed by atoms with van der Waals surface area (Å²) in [6, 6.07) is 0. The molecule has 0 aromatic heterocycles. The largest absolute Gasteiger partial charge is 0.412 e. The third-order valence-corrected chi connectivity index (χ3v) is 4.35. The van der Waals surface area contributed by atoms with Gasteiger partial charge in [-0.2, -0.15) is 8.42 Å². The standard InChI is InChI=1S/C18H36O4S.H3N.H2O/c1-2-3-4-5-6-7-8-9-10-11-12-13-14-15-16-17-18-22-23(19,20)21;;/h9-10H,2-8,11-18H2,1H3,(H,19,20,21);1H3;1H2/b10-9-;;. The Morgan fingerprint density at radius 3 is 1.60 bits per heavy atom. The smallest absolute Gasteiger partial charge is 0.397 e. The molecule has 0 aliphatic heterocycles. The Bertz CT molecular complexity index is 372. The van der Waals surface area contributed by atoms with Gasteiger partial charge >= 0.3 is 10.4 Å². The molecule has 0 aliphatic rings. The normalized spacial score (nSPS) is 11.3. The molecule has 0 radical (unpaired) electrons. The van der Waals surface area contributed by atoms with Crippen LogP contribution in [0.4, 0.5) is 0 Å². The van der Waals surface area contributed by atoms with Crippen molar-refractivity contribution in [1.29, 1.82) is 0 Å². The van der Waals surface area contributed by atoms with Gasteiger partial charge in [0.05, 0.1) is 6.61 Å². The number of allylic oxidation sites excluding steroid dienone is 2. The van der Waals surface area contributed by atoms with E-state index in [0.717, 1.165) is 12.8 Å². The summed E-state index contributed by atoms with van der Waals surface area (Å²) < 4.78 is 33.3. The van der Waals surface area contributed by atoms with Gasteiger partial charge < -0.3 is 11.6 Å². The summed E-state index contributed by atoms with van der Waals surface area (Å²) in [4.78, 5) is 0. The van der Waals surface area contributed by atoms with Crippen LogP contribution in [0.5, 0.6) is 0 Å². The molecule has 0 rings (SSSR count). The summed E-state index contributed by atoms with van der Waals surface area (Å²) in [5.41, 5.74) is 0. The molecule has 25 heavy (non-hydrogen) atoms. The minimum absolute atomic E-state index is 0. The quantitative estimate of drug-likeness (QED) is 0.203. The second-order valence-electron chi connectivity index (χ2n) is 6.19. The lowest BCUT2D eigenvalue weighted by molar-refractivity contribution is 0.261. The molecule has 0 spiro atoms. The van der Waals surface area contributed by atoms with Crippen LogP contribution in [0.15, 0.2) is 12.2 Å². The van der Waals surface area contributed by atoms with Gasteiger partial charge in [0.1, 0.15) is 0 Å². The molecular weight excluding hydrogens is 342 g/mol. The number of hydrogen-bond donors (Lipinski definition) is 2. The summed E-state index contributed by atoms with van der Waals surface area (Å²) in [5, 5.41) is 0. The fourth-order valence-electron chi connectivity index (χ4n) is 2.51. The SMILES string of the molecule is CCCCCCCC/C=C\CCCCCCCCOS(=O)(=O)O.N.O. The second-order valence-corrected chi connectivity index (χ2v) is 7.28. The lowest BCUT2D eigenvalue weighted by atomic mass is 10.1. The van der Waals surface area contributed by atoms with Crippen molar-refractivity contribution in [2.24, 2.45) is 0 Å². The van der Waals surface area contributed by atoms with Gasteiger partial charge in [0.25, 0.3) is 0 Å². The number of rotatable bonds is 17. The Balaban J connectivity index is -0.00000242. The van der Waals surface area contributed by atoms with E-state index in [1.54, 1.807) is 0 Å². The fourth-order valence-corrected chi connectivity index (χ4v) is 2.84. The maximum atomic E-state index is 10.3. The minimum Gasteiger partial charge on any atom is -0.412 e. The van der Waals surface area contributed by atoms with Crippen LogP contribution in [0, 0.1) is 0 Å². The van der Waals surface area contributed by atoms with Crippen molar-refractivity contribution in [2.45, 2.75) is 96.8 Å². The van der Waals surface area contributed by atoms with E-state index < -0.39 is 10.4 Å². The molecule has 6 N–H and O–H groups in total. The maximum Gasteiger partial charge on any atom is 0.397 e. The van der Waals surface area contributed by atoms with Crippen LogP contribution in [0.25, 0.3) is 0 Å². The Kier molecular flexibility index (Phi) is 25.3. The Hall–Kier alpha value is -0.470. The Labute approximate surface area is 155 Å². The topological polar surface area (TPSA) is 130 Å². The van der Waals surface area contributed by atoms with Gasteiger partial charge in [-0.1, -0.05) is 76.9 Å². The van der Waals surface area contributed by atoms with Crippen LogP contribution in [0.1, 0.15) is 96.8 Å². The second kappa shape index (κ2) is 21.6. The van der Waals surface area contributed by atoms with E-state index in [2.05, 4.69) is 23.3 Å². The number of unbranched alkanes of at least 4 members (excludes halogenated alkanes) is 12. The van der Waals surface area contributed by atoms with Crippen molar-refractivity contribution in [1.82, 2.24) is 6.15 Å². The van der Waals surface area contributed by atoms with Crippen LogP contribution >= 0.6 is 0 Å². The first-order chi connectivity index (χ1) is 11.1. The van der Waals surface area contributed by atoms with Crippen LogP contribution in [-0.2, 0) is 14.6 Å². The highest BCUT2D eigenvalue weighted by molar-refractivity contribution is 7.80. The van der Waals surface area contributed by atoms with Gasteiger partial charge in [0.15, 0.2) is 0 Å². The maximum absolute atomic E-state index is 10.3. The first-order valence-electron chi connectivity index (χ1n) is 9.33. The molecule has 0 fully saturated rings. The first kappa shape index (κ1) is 29.3. The molecule has 0 heterocycles. The highest BCUT2D eigenvalue weighted by Crippen LogP contribution is 2.10. The minimum atomic E-state index is -4.25. The predicted octanol–water partition coefficient (Wildman–Crippen LogP) is 5.18. The highest BCUT2D eigenvalue weighted by Gasteiger charge is 2.02. The molecule has 7 heteroatoms. The van der Waals surface area contributed by atoms with Crippen LogP contribution in [0.3, 0.4) is 0 Å². The van der Waals surface area contributed by atoms with Crippen molar-refractivity contribution in [3.63, 3.8) is 0 Å². The van der Waals surface area contributed by atoms with Crippen molar-refractivity contribution >= 4 is 10.4 Å². The number of hydrogen-bond acceptors (Lipinski definition) is 4. The summed E-state index contributed by atoms with van der Waals surface area (Å²) in [5.74, 6) is 0. The highest BCUT2D eigenvalue weighted by atomic mass is 32.3. The van der Waals surface area contributed by atoms with Gasteiger partial charge in [-0.25, -0.2) is 4.18 Å². The third-order valence-electron chi connectivity index (χ3n) is 3.89. The molecule has 0 aromatic carbocycles. The molecule has 0 amide bonds. The zero-order chi connectivity index (χ0) is 17.2. The molecule has 0 unspecified atom stereocenters. The predicted molar refractivity (Wildman–Crippen MR) is 106 cm³/mol. The van der Waals surface area contributed by atoms with E-state index >= 15 is 0 Å². The molecule has 0 bridgehead atoms.